The summed E-state index contributed by atoms with van der Waals surface area (Å²) in [5.74, 6) is 6.65. The summed E-state index contributed by atoms with van der Waals surface area (Å²) < 4.78 is 13.4. The first kappa shape index (κ1) is 24.1. The monoisotopic (exact) mass is 426 g/mol. The summed E-state index contributed by atoms with van der Waals surface area (Å²) in [6.07, 6.45) is 3.29. The number of hydrogen-bond acceptors (Lipinski definition) is 6. The van der Waals surface area contributed by atoms with Gasteiger partial charge in [-0.1, -0.05) is 24.8 Å². The summed E-state index contributed by atoms with van der Waals surface area (Å²) >= 11 is 0. The molecule has 4 N–H and O–H groups in total. The van der Waals surface area contributed by atoms with Gasteiger partial charge in [0, 0.05) is 37.2 Å². The molecule has 0 aliphatic carbocycles. The Morgan fingerprint density at radius 1 is 1.29 bits per heavy atom. The largest absolute Gasteiger partial charge is 0.369 e. The minimum absolute atomic E-state index is 0.0372. The molecule has 0 saturated heterocycles. The van der Waals surface area contributed by atoms with Crippen molar-refractivity contribution in [2.75, 3.05) is 30.8 Å². The lowest BCUT2D eigenvalue weighted by Crippen LogP contribution is -2.49. The highest BCUT2D eigenvalue weighted by Crippen LogP contribution is 2.18. The normalized spacial score (nSPS) is 10.7. The third-order valence-corrected chi connectivity index (χ3v) is 4.21. The van der Waals surface area contributed by atoms with Crippen LogP contribution in [0.5, 0.6) is 0 Å². The molecule has 0 aliphatic rings. The van der Waals surface area contributed by atoms with Crippen molar-refractivity contribution in [3.05, 3.63) is 41.8 Å². The van der Waals surface area contributed by atoms with Crippen LogP contribution in [0.25, 0.3) is 0 Å². The Morgan fingerprint density at radius 2 is 2.10 bits per heavy atom. The predicted octanol–water partition coefficient (Wildman–Crippen LogP) is 3.43. The van der Waals surface area contributed by atoms with E-state index in [2.05, 4.69) is 50.0 Å². The third-order valence-electron chi connectivity index (χ3n) is 4.21. The number of benzene rings is 1. The molecule has 0 bridgehead atoms. The van der Waals surface area contributed by atoms with Crippen LogP contribution in [0, 0.1) is 17.7 Å². The van der Waals surface area contributed by atoms with E-state index in [0.717, 1.165) is 13.0 Å². The molecule has 0 atom stereocenters. The van der Waals surface area contributed by atoms with Gasteiger partial charge in [0.2, 0.25) is 11.9 Å². The number of hydrogen-bond donors (Lipinski definition) is 4. The van der Waals surface area contributed by atoms with Crippen LogP contribution in [0.2, 0.25) is 0 Å². The maximum atomic E-state index is 13.4. The summed E-state index contributed by atoms with van der Waals surface area (Å²) in [7, 11) is 1.85. The highest BCUT2D eigenvalue weighted by molar-refractivity contribution is 5.77. The number of likely N-dealkylation sites (N-methyl/N-ethyl adjacent to an activating group) is 1. The van der Waals surface area contributed by atoms with Gasteiger partial charge in [0.1, 0.15) is 11.6 Å². The molecule has 1 heterocycles. The van der Waals surface area contributed by atoms with Crippen LogP contribution in [-0.4, -0.2) is 41.6 Å². The Bertz CT molecular complexity index is 935. The number of amides is 1. The van der Waals surface area contributed by atoms with Gasteiger partial charge in [-0.25, -0.2) is 9.37 Å². The smallest absolute Gasteiger partial charge is 0.229 e. The van der Waals surface area contributed by atoms with Gasteiger partial charge < -0.3 is 21.3 Å². The molecule has 7 nitrogen and oxygen atoms in total. The van der Waals surface area contributed by atoms with Crippen LogP contribution in [0.4, 0.5) is 21.8 Å². The number of aromatic nitrogens is 2. The van der Waals surface area contributed by atoms with Crippen LogP contribution in [0.3, 0.4) is 0 Å². The molecule has 0 radical (unpaired) electrons. The number of nitrogens with one attached hydrogen (secondary N) is 4. The van der Waals surface area contributed by atoms with Gasteiger partial charge >= 0.3 is 0 Å². The van der Waals surface area contributed by atoms with E-state index in [1.54, 1.807) is 18.3 Å². The van der Waals surface area contributed by atoms with E-state index in [0.29, 0.717) is 42.4 Å². The molecule has 0 spiro atoms. The first-order valence-electron chi connectivity index (χ1n) is 10.4. The molecule has 166 valence electrons. The molecular weight excluding hydrogens is 395 g/mol. The summed E-state index contributed by atoms with van der Waals surface area (Å²) in [6.45, 7) is 7.41. The number of rotatable bonds is 10. The maximum absolute atomic E-state index is 13.4. The molecule has 1 aromatic heterocycles. The van der Waals surface area contributed by atoms with Gasteiger partial charge in [-0.05, 0) is 45.5 Å². The van der Waals surface area contributed by atoms with Crippen molar-refractivity contribution in [3.63, 3.8) is 0 Å². The van der Waals surface area contributed by atoms with Crippen LogP contribution in [0.15, 0.2) is 30.5 Å². The van der Waals surface area contributed by atoms with Crippen LogP contribution < -0.4 is 21.3 Å². The fourth-order valence-corrected chi connectivity index (χ4v) is 2.87. The zero-order valence-corrected chi connectivity index (χ0v) is 18.6. The minimum Gasteiger partial charge on any atom is -0.369 e. The third kappa shape index (κ3) is 8.60. The molecule has 31 heavy (non-hydrogen) atoms. The Labute approximate surface area is 183 Å². The molecule has 0 fully saturated rings. The van der Waals surface area contributed by atoms with Gasteiger partial charge in [0.05, 0.1) is 11.8 Å². The van der Waals surface area contributed by atoms with E-state index in [1.165, 1.54) is 12.1 Å². The Balaban J connectivity index is 2.04. The summed E-state index contributed by atoms with van der Waals surface area (Å²) in [6, 6.07) is 6.10. The van der Waals surface area contributed by atoms with E-state index in [9.17, 15) is 9.18 Å². The summed E-state index contributed by atoms with van der Waals surface area (Å²) in [5.41, 5.74) is 0.899. The van der Waals surface area contributed by atoms with Crippen LogP contribution in [0.1, 0.15) is 45.6 Å². The van der Waals surface area contributed by atoms with E-state index in [1.807, 2.05) is 20.9 Å². The molecule has 8 heteroatoms. The maximum Gasteiger partial charge on any atom is 0.229 e. The fourth-order valence-electron chi connectivity index (χ4n) is 2.87. The molecule has 1 aromatic carbocycles. The topological polar surface area (TPSA) is 91.0 Å². The van der Waals surface area contributed by atoms with Crippen molar-refractivity contribution in [2.24, 2.45) is 0 Å². The molecule has 2 aromatic rings. The molecular formula is C23H31FN6O. The standard InChI is InChI=1S/C23H31FN6O/c1-5-13-26-21-17(9-6-7-12-20(31)30-23(2,3)16-25-4)15-27-22(29-21)28-19-11-8-10-18(24)14-19/h8,10-11,14-15,25H,5,7,12-13,16H2,1-4H3,(H,30,31)(H2,26,27,28,29). The highest BCUT2D eigenvalue weighted by Gasteiger charge is 2.18. The first-order chi connectivity index (χ1) is 14.8. The van der Waals surface area contributed by atoms with Gasteiger partial charge in [-0.3, -0.25) is 4.79 Å². The molecule has 2 rings (SSSR count). The van der Waals surface area contributed by atoms with Crippen molar-refractivity contribution in [1.82, 2.24) is 20.6 Å². The lowest BCUT2D eigenvalue weighted by Gasteiger charge is -2.25. The van der Waals surface area contributed by atoms with E-state index < -0.39 is 0 Å². The highest BCUT2D eigenvalue weighted by atomic mass is 19.1. The average Bonchev–Trinajstić information content (AvgIpc) is 2.70. The Kier molecular flexibility index (Phi) is 9.22. The summed E-state index contributed by atoms with van der Waals surface area (Å²) in [4.78, 5) is 20.9. The van der Waals surface area contributed by atoms with Gasteiger partial charge in [0.25, 0.3) is 0 Å². The Morgan fingerprint density at radius 3 is 2.81 bits per heavy atom. The van der Waals surface area contributed by atoms with Crippen molar-refractivity contribution in [2.45, 2.75) is 45.6 Å². The van der Waals surface area contributed by atoms with Crippen molar-refractivity contribution >= 4 is 23.4 Å². The SMILES string of the molecule is CCCNc1nc(Nc2cccc(F)c2)ncc1C#CCCC(=O)NC(C)(C)CNC. The molecule has 0 aliphatic heterocycles. The molecule has 0 saturated carbocycles. The lowest BCUT2D eigenvalue weighted by molar-refractivity contribution is -0.122. The number of carbonyl (C=O) groups excluding carboxylic acids is 1. The van der Waals surface area contributed by atoms with E-state index >= 15 is 0 Å². The number of carbonyl (C=O) groups is 1. The van der Waals surface area contributed by atoms with Crippen molar-refractivity contribution in [3.8, 4) is 11.8 Å². The van der Waals surface area contributed by atoms with Crippen molar-refractivity contribution < 1.29 is 9.18 Å². The second kappa shape index (κ2) is 11.9. The number of nitrogens with zero attached hydrogens (tertiary/aromatic N) is 2. The van der Waals surface area contributed by atoms with Gasteiger partial charge in [-0.15, -0.1) is 0 Å². The van der Waals surface area contributed by atoms with E-state index in [4.69, 9.17) is 0 Å². The van der Waals surface area contributed by atoms with E-state index in [-0.39, 0.29) is 17.3 Å². The zero-order valence-electron chi connectivity index (χ0n) is 18.6. The Hall–Kier alpha value is -3.18. The van der Waals surface area contributed by atoms with Crippen molar-refractivity contribution in [1.29, 1.82) is 0 Å². The second-order valence-electron chi connectivity index (χ2n) is 7.78. The average molecular weight is 427 g/mol. The fraction of sp³-hybridized carbons (Fsp3) is 0.435. The number of anilines is 3. The van der Waals surface area contributed by atoms with Crippen LogP contribution in [-0.2, 0) is 4.79 Å². The van der Waals surface area contributed by atoms with Crippen LogP contribution >= 0.6 is 0 Å². The minimum atomic E-state index is -0.338. The quantitative estimate of drug-likeness (QED) is 0.435. The second-order valence-corrected chi connectivity index (χ2v) is 7.78. The molecule has 0 unspecified atom stereocenters. The predicted molar refractivity (Wildman–Crippen MR) is 123 cm³/mol. The molecule has 1 amide bonds. The van der Waals surface area contributed by atoms with Gasteiger partial charge in [-0.2, -0.15) is 4.98 Å². The van der Waals surface area contributed by atoms with Gasteiger partial charge in [0.15, 0.2) is 0 Å². The first-order valence-corrected chi connectivity index (χ1v) is 10.4. The number of halogens is 1. The zero-order chi connectivity index (χ0) is 22.7. The summed E-state index contributed by atoms with van der Waals surface area (Å²) in [5, 5.41) is 12.3. The lowest BCUT2D eigenvalue weighted by atomic mass is 10.1.